The summed E-state index contributed by atoms with van der Waals surface area (Å²) in [5, 5.41) is 3.37. The van der Waals surface area contributed by atoms with Gasteiger partial charge < -0.3 is 5.32 Å². The lowest BCUT2D eigenvalue weighted by Crippen LogP contribution is -2.26. The first-order valence-electron chi connectivity index (χ1n) is 4.85. The van der Waals surface area contributed by atoms with Crippen LogP contribution in [0, 0.1) is 11.8 Å². The number of rotatable bonds is 0. The molecule has 1 aliphatic carbocycles. The van der Waals surface area contributed by atoms with E-state index in [9.17, 15) is 0 Å². The van der Waals surface area contributed by atoms with Gasteiger partial charge in [0.1, 0.15) is 0 Å². The Hall–Kier alpha value is -0.460. The molecule has 62 valence electrons. The smallest absolute Gasteiger partial charge is 0.0172 e. The van der Waals surface area contributed by atoms with E-state index in [-0.39, 0.29) is 0 Å². The van der Waals surface area contributed by atoms with Gasteiger partial charge in [-0.3, -0.25) is 0 Å². The van der Waals surface area contributed by atoms with Crippen molar-refractivity contribution in [2.75, 3.05) is 6.54 Å². The van der Waals surface area contributed by atoms with Gasteiger partial charge in [-0.25, -0.2) is 0 Å². The van der Waals surface area contributed by atoms with Crippen LogP contribution in [0.3, 0.4) is 0 Å². The van der Waals surface area contributed by atoms with Crippen LogP contribution in [0.15, 0.2) is 12.3 Å². The second-order valence-electron chi connectivity index (χ2n) is 3.85. The first kappa shape index (κ1) is 7.20. The number of hydrogen-bond acceptors (Lipinski definition) is 1. The van der Waals surface area contributed by atoms with Crippen LogP contribution in [0.4, 0.5) is 0 Å². The van der Waals surface area contributed by atoms with Crippen molar-refractivity contribution < 1.29 is 0 Å². The van der Waals surface area contributed by atoms with Crippen LogP contribution in [-0.2, 0) is 0 Å². The minimum atomic E-state index is 0.971. The normalized spacial score (nSPS) is 37.1. The predicted molar refractivity (Wildman–Crippen MR) is 47.2 cm³/mol. The quantitative estimate of drug-likeness (QED) is 0.560. The predicted octanol–water partition coefficient (Wildman–Crippen LogP) is 2.30. The Morgan fingerprint density at radius 1 is 1.09 bits per heavy atom. The van der Waals surface area contributed by atoms with Crippen LogP contribution in [0.1, 0.15) is 32.1 Å². The van der Waals surface area contributed by atoms with E-state index in [2.05, 4.69) is 17.6 Å². The second-order valence-corrected chi connectivity index (χ2v) is 3.85. The van der Waals surface area contributed by atoms with E-state index in [0.29, 0.717) is 0 Å². The maximum atomic E-state index is 3.37. The van der Waals surface area contributed by atoms with E-state index in [1.54, 1.807) is 0 Å². The van der Waals surface area contributed by atoms with Crippen molar-refractivity contribution in [2.45, 2.75) is 32.1 Å². The van der Waals surface area contributed by atoms with Gasteiger partial charge in [-0.15, -0.1) is 0 Å². The Labute approximate surface area is 68.9 Å². The van der Waals surface area contributed by atoms with Gasteiger partial charge in [0.15, 0.2) is 0 Å². The molecule has 2 rings (SSSR count). The number of nitrogens with one attached hydrogen (secondary N) is 1. The molecule has 1 heteroatoms. The fourth-order valence-corrected chi connectivity index (χ4v) is 2.41. The molecule has 1 aliphatic heterocycles. The number of fused-ring (bicyclic) bond motifs is 1. The minimum Gasteiger partial charge on any atom is -0.391 e. The molecule has 1 heterocycles. The molecule has 0 amide bonds. The minimum absolute atomic E-state index is 0.971. The Morgan fingerprint density at radius 3 is 2.82 bits per heavy atom. The Kier molecular flexibility index (Phi) is 2.16. The Balaban J connectivity index is 1.98. The van der Waals surface area contributed by atoms with Crippen LogP contribution in [-0.4, -0.2) is 6.54 Å². The van der Waals surface area contributed by atoms with Gasteiger partial charge in [-0.1, -0.05) is 18.9 Å². The zero-order chi connectivity index (χ0) is 7.52. The van der Waals surface area contributed by atoms with E-state index >= 15 is 0 Å². The average molecular weight is 151 g/mol. The molecule has 1 nitrogen and oxygen atoms in total. The summed E-state index contributed by atoms with van der Waals surface area (Å²) < 4.78 is 0. The summed E-state index contributed by atoms with van der Waals surface area (Å²) in [7, 11) is 0. The third-order valence-electron chi connectivity index (χ3n) is 3.12. The summed E-state index contributed by atoms with van der Waals surface area (Å²) in [6.45, 7) is 1.22. The zero-order valence-electron chi connectivity index (χ0n) is 7.05. The third kappa shape index (κ3) is 1.58. The molecule has 0 saturated heterocycles. The van der Waals surface area contributed by atoms with Gasteiger partial charge in [0, 0.05) is 6.54 Å². The molecular weight excluding hydrogens is 134 g/mol. The molecule has 0 radical (unpaired) electrons. The largest absolute Gasteiger partial charge is 0.391 e. The standard InChI is InChI=1S/C10H17N/c1-2-5-10-8-11-7-3-6-9(10)4-1/h3,7,9-11H,1-2,4-6,8H2. The van der Waals surface area contributed by atoms with Gasteiger partial charge >= 0.3 is 0 Å². The molecule has 1 N–H and O–H groups in total. The van der Waals surface area contributed by atoms with E-state index < -0.39 is 0 Å². The molecule has 0 bridgehead atoms. The van der Waals surface area contributed by atoms with Gasteiger partial charge in [-0.2, -0.15) is 0 Å². The average Bonchev–Trinajstić information content (AvgIpc) is 2.28. The zero-order valence-corrected chi connectivity index (χ0v) is 7.05. The first-order chi connectivity index (χ1) is 5.47. The first-order valence-corrected chi connectivity index (χ1v) is 4.85. The van der Waals surface area contributed by atoms with Crippen molar-refractivity contribution in [3.05, 3.63) is 12.3 Å². The van der Waals surface area contributed by atoms with Crippen molar-refractivity contribution in [1.29, 1.82) is 0 Å². The van der Waals surface area contributed by atoms with Crippen molar-refractivity contribution in [3.8, 4) is 0 Å². The van der Waals surface area contributed by atoms with Gasteiger partial charge in [0.2, 0.25) is 0 Å². The summed E-state index contributed by atoms with van der Waals surface area (Å²) in [5.74, 6) is 1.97. The number of hydrogen-bond donors (Lipinski definition) is 1. The highest BCUT2D eigenvalue weighted by Crippen LogP contribution is 2.32. The molecule has 2 unspecified atom stereocenters. The topological polar surface area (TPSA) is 12.0 Å². The molecule has 0 aromatic heterocycles. The van der Waals surface area contributed by atoms with Crippen molar-refractivity contribution in [2.24, 2.45) is 11.8 Å². The lowest BCUT2D eigenvalue weighted by molar-refractivity contribution is 0.243. The van der Waals surface area contributed by atoms with Crippen molar-refractivity contribution in [3.63, 3.8) is 0 Å². The molecule has 0 spiro atoms. The van der Waals surface area contributed by atoms with Crippen LogP contribution in [0.25, 0.3) is 0 Å². The van der Waals surface area contributed by atoms with Gasteiger partial charge in [0.05, 0.1) is 0 Å². The molecule has 2 aliphatic rings. The van der Waals surface area contributed by atoms with Gasteiger partial charge in [0.25, 0.3) is 0 Å². The number of allylic oxidation sites excluding steroid dienone is 1. The van der Waals surface area contributed by atoms with E-state index in [1.165, 1.54) is 38.6 Å². The SMILES string of the molecule is C1=CNCC2CCCCC2C1. The monoisotopic (exact) mass is 151 g/mol. The molecule has 1 fully saturated rings. The van der Waals surface area contributed by atoms with Gasteiger partial charge in [-0.05, 0) is 37.3 Å². The molecule has 2 atom stereocenters. The lowest BCUT2D eigenvalue weighted by atomic mass is 9.78. The van der Waals surface area contributed by atoms with E-state index in [4.69, 9.17) is 0 Å². The molecule has 0 aromatic carbocycles. The molecule has 11 heavy (non-hydrogen) atoms. The van der Waals surface area contributed by atoms with Crippen LogP contribution in [0.5, 0.6) is 0 Å². The molecular formula is C10H17N. The second kappa shape index (κ2) is 3.29. The maximum absolute atomic E-state index is 3.37. The fourth-order valence-electron chi connectivity index (χ4n) is 2.41. The van der Waals surface area contributed by atoms with Crippen LogP contribution >= 0.6 is 0 Å². The molecule has 0 aromatic rings. The molecule has 1 saturated carbocycles. The highest BCUT2D eigenvalue weighted by atomic mass is 14.8. The third-order valence-corrected chi connectivity index (χ3v) is 3.12. The van der Waals surface area contributed by atoms with E-state index in [0.717, 1.165) is 11.8 Å². The summed E-state index contributed by atoms with van der Waals surface area (Å²) in [6.07, 6.45) is 11.6. The fraction of sp³-hybridized carbons (Fsp3) is 0.800. The summed E-state index contributed by atoms with van der Waals surface area (Å²) >= 11 is 0. The Bertz CT molecular complexity index is 151. The summed E-state index contributed by atoms with van der Waals surface area (Å²) in [5.41, 5.74) is 0. The van der Waals surface area contributed by atoms with Crippen molar-refractivity contribution in [1.82, 2.24) is 5.32 Å². The van der Waals surface area contributed by atoms with Crippen LogP contribution in [0.2, 0.25) is 0 Å². The maximum Gasteiger partial charge on any atom is 0.0172 e. The summed E-state index contributed by atoms with van der Waals surface area (Å²) in [6, 6.07) is 0. The summed E-state index contributed by atoms with van der Waals surface area (Å²) in [4.78, 5) is 0. The van der Waals surface area contributed by atoms with Crippen molar-refractivity contribution >= 4 is 0 Å². The lowest BCUT2D eigenvalue weighted by Gasteiger charge is -2.29. The highest BCUT2D eigenvalue weighted by Gasteiger charge is 2.24. The van der Waals surface area contributed by atoms with Crippen LogP contribution < -0.4 is 5.32 Å². The Morgan fingerprint density at radius 2 is 1.91 bits per heavy atom. The highest BCUT2D eigenvalue weighted by molar-refractivity contribution is 4.91. The van der Waals surface area contributed by atoms with E-state index in [1.807, 2.05) is 0 Å².